The minimum absolute atomic E-state index is 0.222. The molecule has 4 rings (SSSR count). The average Bonchev–Trinajstić information content (AvgIpc) is 2.87. The van der Waals surface area contributed by atoms with Crippen LogP contribution in [0.4, 0.5) is 5.82 Å². The normalized spacial score (nSPS) is 12.0. The third-order valence-corrected chi connectivity index (χ3v) is 6.43. The second-order valence-electron chi connectivity index (χ2n) is 8.88. The quantitative estimate of drug-likeness (QED) is 0.102. The van der Waals surface area contributed by atoms with Gasteiger partial charge in [0.05, 0.1) is 29.2 Å². The van der Waals surface area contributed by atoms with Crippen LogP contribution in [0.2, 0.25) is 0 Å². The first-order valence-corrected chi connectivity index (χ1v) is 12.1. The number of rotatable bonds is 6. The molecule has 0 aliphatic rings. The molecule has 0 aliphatic carbocycles. The number of nitrogens with one attached hydrogen (secondary N) is 2. The molecule has 6 heteroatoms. The zero-order valence-corrected chi connectivity index (χ0v) is 21.2. The number of anilines is 1. The largest absolute Gasteiger partial charge is 0.308 e. The topological polar surface area (TPSA) is 75.9 Å². The highest BCUT2D eigenvalue weighted by Gasteiger charge is 2.22. The minimum Gasteiger partial charge on any atom is -0.308 e. The summed E-state index contributed by atoms with van der Waals surface area (Å²) in [7, 11) is 0. The van der Waals surface area contributed by atoms with Crippen molar-refractivity contribution in [2.24, 2.45) is 5.84 Å². The number of thiol groups is 1. The Morgan fingerprint density at radius 2 is 1.62 bits per heavy atom. The number of aromatic nitrogens is 2. The van der Waals surface area contributed by atoms with Crippen molar-refractivity contribution in [2.45, 2.75) is 38.5 Å². The maximum atomic E-state index is 5.70. The number of nitrogens with zero attached hydrogens (tertiary/aromatic N) is 2. The van der Waals surface area contributed by atoms with Crippen molar-refractivity contribution >= 4 is 28.7 Å². The first-order valence-electron chi connectivity index (χ1n) is 11.3. The van der Waals surface area contributed by atoms with Gasteiger partial charge in [0, 0.05) is 22.7 Å². The summed E-state index contributed by atoms with van der Waals surface area (Å²) < 4.78 is 3.83. The number of nitrogen functional groups attached to an aromatic ring is 1. The smallest absolute Gasteiger partial charge is 0.149 e. The van der Waals surface area contributed by atoms with E-state index in [1.807, 2.05) is 24.3 Å². The van der Waals surface area contributed by atoms with Crippen LogP contribution < -0.4 is 16.0 Å². The van der Waals surface area contributed by atoms with Crippen molar-refractivity contribution in [1.82, 2.24) is 14.7 Å². The van der Waals surface area contributed by atoms with E-state index < -0.39 is 0 Å². The molecule has 0 bridgehead atoms. The Bertz CT molecular complexity index is 1220. The Kier molecular flexibility index (Phi) is 8.45. The summed E-state index contributed by atoms with van der Waals surface area (Å²) in [6.45, 7) is 14.9. The number of pyridine rings is 2. The molecule has 0 radical (unpaired) electrons. The molecule has 0 saturated carbocycles. The van der Waals surface area contributed by atoms with Crippen molar-refractivity contribution in [2.75, 3.05) is 5.43 Å². The van der Waals surface area contributed by atoms with Crippen LogP contribution in [0.5, 0.6) is 0 Å². The SMILES string of the molecule is C=C.C[C@@H](N[SH+]C(C)(C)C)c1ccc(-c2nc3ccnc(NN)c3cc2-c2ccccc2)cc1. The molecule has 0 unspecified atom stereocenters. The van der Waals surface area contributed by atoms with Crippen molar-refractivity contribution in [3.05, 3.63) is 91.6 Å². The number of hydrogen-bond acceptors (Lipinski definition) is 5. The summed E-state index contributed by atoms with van der Waals surface area (Å²) >= 11 is 1.23. The van der Waals surface area contributed by atoms with Crippen molar-refractivity contribution in [1.29, 1.82) is 0 Å². The first kappa shape index (κ1) is 25.4. The molecule has 34 heavy (non-hydrogen) atoms. The highest BCUT2D eigenvalue weighted by atomic mass is 32.2. The summed E-state index contributed by atoms with van der Waals surface area (Å²) in [6, 6.07) is 23.3. The highest BCUT2D eigenvalue weighted by molar-refractivity contribution is 7.77. The Balaban J connectivity index is 0.00000158. The van der Waals surface area contributed by atoms with Gasteiger partial charge < -0.3 is 5.43 Å². The zero-order chi connectivity index (χ0) is 24.7. The third kappa shape index (κ3) is 6.03. The lowest BCUT2D eigenvalue weighted by Crippen LogP contribution is -2.29. The molecule has 176 valence electrons. The number of benzene rings is 2. The minimum atomic E-state index is 0.222. The summed E-state index contributed by atoms with van der Waals surface area (Å²) in [5, 5.41) is 0.897. The molecule has 0 aliphatic heterocycles. The lowest BCUT2D eigenvalue weighted by Gasteiger charge is -2.16. The molecule has 0 amide bonds. The second kappa shape index (κ2) is 11.3. The molecule has 5 nitrogen and oxygen atoms in total. The third-order valence-electron chi connectivity index (χ3n) is 5.24. The van der Waals surface area contributed by atoms with Crippen LogP contribution in [0.15, 0.2) is 86.1 Å². The summed E-state index contributed by atoms with van der Waals surface area (Å²) in [4.78, 5) is 9.37. The van der Waals surface area contributed by atoms with Gasteiger partial charge >= 0.3 is 0 Å². The van der Waals surface area contributed by atoms with E-state index in [1.165, 1.54) is 17.5 Å². The lowest BCUT2D eigenvalue weighted by molar-refractivity contribution is 0.721. The fourth-order valence-electron chi connectivity index (χ4n) is 3.56. The molecule has 1 atom stereocenters. The molecule has 0 spiro atoms. The molecule has 4 N–H and O–H groups in total. The highest BCUT2D eigenvalue weighted by Crippen LogP contribution is 2.35. The summed E-state index contributed by atoms with van der Waals surface area (Å²) in [5.74, 6) is 6.32. The van der Waals surface area contributed by atoms with Gasteiger partial charge in [-0.1, -0.05) is 54.6 Å². The molecule has 0 saturated heterocycles. The molecular formula is C28H34N5S+. The Morgan fingerprint density at radius 3 is 2.24 bits per heavy atom. The Hall–Kier alpha value is -3.19. The van der Waals surface area contributed by atoms with E-state index in [2.05, 4.69) is 98.4 Å². The Labute approximate surface area is 207 Å². The van der Waals surface area contributed by atoms with Gasteiger partial charge in [-0.15, -0.1) is 17.9 Å². The van der Waals surface area contributed by atoms with Gasteiger partial charge in [-0.05, 0) is 51.0 Å². The van der Waals surface area contributed by atoms with Crippen LogP contribution in [0.25, 0.3) is 33.3 Å². The number of fused-ring (bicyclic) bond motifs is 1. The maximum Gasteiger partial charge on any atom is 0.149 e. The number of hydrazine groups is 1. The van der Waals surface area contributed by atoms with Crippen LogP contribution in [-0.2, 0) is 11.9 Å². The molecule has 2 heterocycles. The maximum absolute atomic E-state index is 5.70. The van der Waals surface area contributed by atoms with E-state index in [9.17, 15) is 0 Å². The monoisotopic (exact) mass is 472 g/mol. The van der Waals surface area contributed by atoms with Crippen LogP contribution in [-0.4, -0.2) is 14.7 Å². The van der Waals surface area contributed by atoms with Gasteiger partial charge in [0.15, 0.2) is 0 Å². The average molecular weight is 473 g/mol. The van der Waals surface area contributed by atoms with Gasteiger partial charge in [0.2, 0.25) is 0 Å². The van der Waals surface area contributed by atoms with Gasteiger partial charge in [-0.2, -0.15) is 0 Å². The molecule has 0 fully saturated rings. The van der Waals surface area contributed by atoms with Crippen molar-refractivity contribution in [3.63, 3.8) is 0 Å². The van der Waals surface area contributed by atoms with Gasteiger partial charge in [-0.3, -0.25) is 0 Å². The van der Waals surface area contributed by atoms with E-state index in [0.29, 0.717) is 5.82 Å². The van der Waals surface area contributed by atoms with E-state index >= 15 is 0 Å². The number of hydrogen-bond donors (Lipinski definition) is 3. The summed E-state index contributed by atoms with van der Waals surface area (Å²) in [5.41, 5.74) is 8.97. The van der Waals surface area contributed by atoms with E-state index in [1.54, 1.807) is 6.20 Å². The van der Waals surface area contributed by atoms with Crippen molar-refractivity contribution in [3.8, 4) is 22.4 Å². The van der Waals surface area contributed by atoms with Gasteiger partial charge in [0.25, 0.3) is 0 Å². The van der Waals surface area contributed by atoms with E-state index in [-0.39, 0.29) is 10.8 Å². The molecule has 4 aromatic rings. The predicted molar refractivity (Wildman–Crippen MR) is 150 cm³/mol. The van der Waals surface area contributed by atoms with Crippen LogP contribution in [0, 0.1) is 0 Å². The van der Waals surface area contributed by atoms with E-state index in [4.69, 9.17) is 10.8 Å². The first-order chi connectivity index (χ1) is 16.4. The van der Waals surface area contributed by atoms with Crippen LogP contribution in [0.1, 0.15) is 39.3 Å². The summed E-state index contributed by atoms with van der Waals surface area (Å²) in [6.07, 6.45) is 1.72. The van der Waals surface area contributed by atoms with E-state index in [0.717, 1.165) is 33.3 Å². The fourth-order valence-corrected chi connectivity index (χ4v) is 4.29. The standard InChI is InChI=1S/C26H29N5S.C2H4/c1-17(31-32-26(2,3)4)18-10-12-20(13-11-18)24-21(19-8-6-5-7-9-19)16-22-23(29-24)14-15-28-25(22)30-27;1-2/h5-17,31H,27H2,1-4H3,(H,28,30);1-2H2/p+1/t17-;/m1./s1. The molecular weight excluding hydrogens is 438 g/mol. The second-order valence-corrected chi connectivity index (χ2v) is 10.7. The van der Waals surface area contributed by atoms with Gasteiger partial charge in [0.1, 0.15) is 10.6 Å². The van der Waals surface area contributed by atoms with Crippen molar-refractivity contribution < 1.29 is 0 Å². The predicted octanol–water partition coefficient (Wildman–Crippen LogP) is 6.23. The molecule has 2 aromatic carbocycles. The van der Waals surface area contributed by atoms with Crippen LogP contribution >= 0.6 is 0 Å². The Morgan fingerprint density at radius 1 is 0.941 bits per heavy atom. The van der Waals surface area contributed by atoms with Crippen LogP contribution in [0.3, 0.4) is 0 Å². The lowest BCUT2D eigenvalue weighted by atomic mass is 9.96. The molecule has 2 aromatic heterocycles. The number of nitrogens with two attached hydrogens (primary N) is 1. The van der Waals surface area contributed by atoms with Gasteiger partial charge in [-0.25, -0.2) is 15.8 Å². The zero-order valence-electron chi connectivity index (χ0n) is 20.3. The fraction of sp³-hybridized carbons (Fsp3) is 0.214.